The second-order valence-electron chi connectivity index (χ2n) is 3.94. The molecule has 0 saturated carbocycles. The Morgan fingerprint density at radius 3 is 2.60 bits per heavy atom. The highest BCUT2D eigenvalue weighted by molar-refractivity contribution is 5.99. The van der Waals surface area contributed by atoms with Crippen LogP contribution < -0.4 is 16.2 Å². The summed E-state index contributed by atoms with van der Waals surface area (Å²) in [6.45, 7) is 0. The van der Waals surface area contributed by atoms with E-state index in [0.29, 0.717) is 0 Å². The van der Waals surface area contributed by atoms with Crippen LogP contribution in [-0.2, 0) is 0 Å². The highest BCUT2D eigenvalue weighted by atomic mass is 19.1. The molecular formula is C14H10FN3O2. The van der Waals surface area contributed by atoms with Crippen molar-refractivity contribution < 1.29 is 13.9 Å². The third-order valence-corrected chi connectivity index (χ3v) is 2.61. The predicted molar refractivity (Wildman–Crippen MR) is 70.6 cm³/mol. The molecule has 0 radical (unpaired) electrons. The number of hydrogen-bond donors (Lipinski definition) is 2. The first-order chi connectivity index (χ1) is 9.52. The molecule has 5 nitrogen and oxygen atoms in total. The van der Waals surface area contributed by atoms with Crippen LogP contribution in [0.2, 0.25) is 0 Å². The predicted octanol–water partition coefficient (Wildman–Crippen LogP) is 2.17. The number of carbonyl (C=O) groups excluding carboxylic acids is 1. The smallest absolute Gasteiger partial charge is 0.250 e. The Bertz CT molecular complexity index is 723. The van der Waals surface area contributed by atoms with Gasteiger partial charge in [0.25, 0.3) is 5.91 Å². The molecule has 0 aliphatic heterocycles. The number of nitrogens with two attached hydrogens (primary N) is 2. The number of nitrogens with zero attached hydrogens (tertiary/aromatic N) is 1. The quantitative estimate of drug-likeness (QED) is 0.835. The van der Waals surface area contributed by atoms with Crippen LogP contribution in [0, 0.1) is 17.1 Å². The molecule has 0 heterocycles. The number of rotatable bonds is 3. The van der Waals surface area contributed by atoms with Gasteiger partial charge in [0.15, 0.2) is 17.3 Å². The number of amides is 1. The molecule has 0 atom stereocenters. The molecule has 0 aliphatic rings. The lowest BCUT2D eigenvalue weighted by molar-refractivity contribution is 0.100. The molecule has 1 amide bonds. The van der Waals surface area contributed by atoms with E-state index >= 15 is 0 Å². The van der Waals surface area contributed by atoms with Gasteiger partial charge in [0.05, 0.1) is 22.9 Å². The lowest BCUT2D eigenvalue weighted by atomic mass is 10.1. The zero-order valence-corrected chi connectivity index (χ0v) is 10.3. The molecule has 0 spiro atoms. The van der Waals surface area contributed by atoms with Gasteiger partial charge in [0.2, 0.25) is 0 Å². The van der Waals surface area contributed by atoms with Crippen LogP contribution in [0.25, 0.3) is 0 Å². The van der Waals surface area contributed by atoms with Crippen molar-refractivity contribution >= 4 is 11.6 Å². The van der Waals surface area contributed by atoms with Crippen molar-refractivity contribution in [3.05, 3.63) is 53.3 Å². The van der Waals surface area contributed by atoms with Gasteiger partial charge in [-0.25, -0.2) is 4.39 Å². The first-order valence-electron chi connectivity index (χ1n) is 5.58. The molecule has 0 fully saturated rings. The van der Waals surface area contributed by atoms with Gasteiger partial charge in [-0.05, 0) is 30.3 Å². The number of primary amides is 1. The highest BCUT2D eigenvalue weighted by Gasteiger charge is 2.13. The molecule has 4 N–H and O–H groups in total. The van der Waals surface area contributed by atoms with E-state index in [2.05, 4.69) is 0 Å². The average Bonchev–Trinajstić information content (AvgIpc) is 2.42. The van der Waals surface area contributed by atoms with E-state index in [-0.39, 0.29) is 28.3 Å². The first kappa shape index (κ1) is 13.4. The van der Waals surface area contributed by atoms with Gasteiger partial charge in [-0.1, -0.05) is 6.07 Å². The maximum Gasteiger partial charge on any atom is 0.250 e. The molecule has 6 heteroatoms. The Morgan fingerprint density at radius 2 is 2.00 bits per heavy atom. The monoisotopic (exact) mass is 271 g/mol. The summed E-state index contributed by atoms with van der Waals surface area (Å²) in [5.41, 5.74) is 11.2. The molecular weight excluding hydrogens is 261 g/mol. The topological polar surface area (TPSA) is 102 Å². The number of para-hydroxylation sites is 1. The Balaban J connectivity index is 2.38. The summed E-state index contributed by atoms with van der Waals surface area (Å²) in [5, 5.41) is 8.66. The zero-order chi connectivity index (χ0) is 14.7. The van der Waals surface area contributed by atoms with Crippen LogP contribution in [-0.4, -0.2) is 5.91 Å². The van der Waals surface area contributed by atoms with Crippen LogP contribution >= 0.6 is 0 Å². The molecule has 2 aromatic carbocycles. The fraction of sp³-hybridized carbons (Fsp3) is 0. The van der Waals surface area contributed by atoms with Crippen molar-refractivity contribution in [1.82, 2.24) is 0 Å². The summed E-state index contributed by atoms with van der Waals surface area (Å²) in [7, 11) is 0. The largest absolute Gasteiger partial charge is 0.452 e. The highest BCUT2D eigenvalue weighted by Crippen LogP contribution is 2.31. The van der Waals surface area contributed by atoms with Crippen molar-refractivity contribution in [3.8, 4) is 17.6 Å². The standard InChI is InChI=1S/C14H10FN3O2/c15-10-6-8(7-16)4-5-11(10)20-12-3-1-2-9(13(12)17)14(18)19/h1-6H,17H2,(H2,18,19). The van der Waals surface area contributed by atoms with E-state index < -0.39 is 11.7 Å². The Kier molecular flexibility index (Phi) is 3.53. The van der Waals surface area contributed by atoms with E-state index in [1.807, 2.05) is 6.07 Å². The molecule has 100 valence electrons. The minimum atomic E-state index is -0.701. The van der Waals surface area contributed by atoms with Crippen LogP contribution in [0.1, 0.15) is 15.9 Å². The van der Waals surface area contributed by atoms with Gasteiger partial charge in [-0.2, -0.15) is 5.26 Å². The SMILES string of the molecule is N#Cc1ccc(Oc2cccc(C(N)=O)c2N)c(F)c1. The van der Waals surface area contributed by atoms with Crippen molar-refractivity contribution in [2.45, 2.75) is 0 Å². The number of carbonyl (C=O) groups is 1. The van der Waals surface area contributed by atoms with E-state index in [9.17, 15) is 9.18 Å². The molecule has 2 rings (SSSR count). The minimum Gasteiger partial charge on any atom is -0.452 e. The van der Waals surface area contributed by atoms with Crippen LogP contribution in [0.5, 0.6) is 11.5 Å². The van der Waals surface area contributed by atoms with Crippen molar-refractivity contribution in [2.24, 2.45) is 5.73 Å². The second-order valence-corrected chi connectivity index (χ2v) is 3.94. The van der Waals surface area contributed by atoms with E-state index in [1.165, 1.54) is 30.3 Å². The van der Waals surface area contributed by atoms with Gasteiger partial charge >= 0.3 is 0 Å². The third kappa shape index (κ3) is 2.52. The van der Waals surface area contributed by atoms with Crippen molar-refractivity contribution in [1.29, 1.82) is 5.26 Å². The number of benzene rings is 2. The van der Waals surface area contributed by atoms with Crippen LogP contribution in [0.4, 0.5) is 10.1 Å². The molecule has 0 saturated heterocycles. The Hall–Kier alpha value is -3.07. The first-order valence-corrected chi connectivity index (χ1v) is 5.58. The molecule has 0 bridgehead atoms. The molecule has 0 unspecified atom stereocenters. The normalized spacial score (nSPS) is 9.80. The average molecular weight is 271 g/mol. The van der Waals surface area contributed by atoms with E-state index in [4.69, 9.17) is 21.5 Å². The zero-order valence-electron chi connectivity index (χ0n) is 10.3. The summed E-state index contributed by atoms with van der Waals surface area (Å²) in [4.78, 5) is 11.2. The Labute approximate surface area is 114 Å². The van der Waals surface area contributed by atoms with Crippen molar-refractivity contribution in [2.75, 3.05) is 5.73 Å². The van der Waals surface area contributed by atoms with Gasteiger partial charge in [0.1, 0.15) is 0 Å². The molecule has 2 aromatic rings. The lowest BCUT2D eigenvalue weighted by Gasteiger charge is -2.11. The number of halogens is 1. The van der Waals surface area contributed by atoms with Gasteiger partial charge in [0, 0.05) is 0 Å². The number of hydrogen-bond acceptors (Lipinski definition) is 4. The van der Waals surface area contributed by atoms with Crippen LogP contribution in [0.3, 0.4) is 0 Å². The number of ether oxygens (including phenoxy) is 1. The maximum absolute atomic E-state index is 13.7. The third-order valence-electron chi connectivity index (χ3n) is 2.61. The van der Waals surface area contributed by atoms with Crippen molar-refractivity contribution in [3.63, 3.8) is 0 Å². The maximum atomic E-state index is 13.7. The Morgan fingerprint density at radius 1 is 1.25 bits per heavy atom. The molecule has 0 aromatic heterocycles. The molecule has 0 aliphatic carbocycles. The fourth-order valence-electron chi connectivity index (χ4n) is 1.62. The number of nitriles is 1. The van der Waals surface area contributed by atoms with E-state index in [1.54, 1.807) is 0 Å². The second kappa shape index (κ2) is 5.28. The summed E-state index contributed by atoms with van der Waals surface area (Å²) in [5.74, 6) is -1.39. The van der Waals surface area contributed by atoms with Gasteiger partial charge in [-0.3, -0.25) is 4.79 Å². The number of anilines is 1. The molecule has 20 heavy (non-hydrogen) atoms. The van der Waals surface area contributed by atoms with E-state index in [0.717, 1.165) is 6.07 Å². The summed E-state index contributed by atoms with van der Waals surface area (Å²) < 4.78 is 19.0. The lowest BCUT2D eigenvalue weighted by Crippen LogP contribution is -2.13. The fourth-order valence-corrected chi connectivity index (χ4v) is 1.62. The number of nitrogen functional groups attached to an aromatic ring is 1. The van der Waals surface area contributed by atoms with Gasteiger partial charge in [-0.15, -0.1) is 0 Å². The summed E-state index contributed by atoms with van der Waals surface area (Å²) >= 11 is 0. The summed E-state index contributed by atoms with van der Waals surface area (Å²) in [6.07, 6.45) is 0. The minimum absolute atomic E-state index is 0.0313. The van der Waals surface area contributed by atoms with Crippen LogP contribution in [0.15, 0.2) is 36.4 Å². The summed E-state index contributed by atoms with van der Waals surface area (Å²) in [6, 6.07) is 10.0. The van der Waals surface area contributed by atoms with Gasteiger partial charge < -0.3 is 16.2 Å².